The van der Waals surface area contributed by atoms with Gasteiger partial charge in [-0.1, -0.05) is 11.6 Å². The van der Waals surface area contributed by atoms with E-state index in [0.29, 0.717) is 35.2 Å². The van der Waals surface area contributed by atoms with E-state index in [4.69, 9.17) is 21.6 Å². The fourth-order valence-electron chi connectivity index (χ4n) is 2.06. The van der Waals surface area contributed by atoms with Gasteiger partial charge in [-0.05, 0) is 49.5 Å². The van der Waals surface area contributed by atoms with Gasteiger partial charge in [-0.3, -0.25) is 9.69 Å². The van der Waals surface area contributed by atoms with Gasteiger partial charge in [0.05, 0.1) is 17.1 Å². The quantitative estimate of drug-likeness (QED) is 0.821. The summed E-state index contributed by atoms with van der Waals surface area (Å²) in [5.41, 5.74) is 0.889. The summed E-state index contributed by atoms with van der Waals surface area (Å²) in [6, 6.07) is 12.4. The third kappa shape index (κ3) is 6.07. The van der Waals surface area contributed by atoms with Crippen LogP contribution in [0, 0.1) is 17.1 Å². The molecule has 0 saturated heterocycles. The van der Waals surface area contributed by atoms with Crippen LogP contribution in [0.2, 0.25) is 5.02 Å². The standard InChI is InChI=1S/C18H17ClFN3O2/c1-23(8-9-25-16-6-3-14(20)4-7-16)12-18(24)22-15-5-2-13(11-21)17(19)10-15/h2-7,10H,8-9,12H2,1H3,(H,22,24). The van der Waals surface area contributed by atoms with Crippen LogP contribution in [0.4, 0.5) is 10.1 Å². The molecule has 0 aromatic heterocycles. The van der Waals surface area contributed by atoms with E-state index in [-0.39, 0.29) is 18.3 Å². The molecule has 0 aliphatic heterocycles. The molecule has 130 valence electrons. The summed E-state index contributed by atoms with van der Waals surface area (Å²) in [4.78, 5) is 13.8. The summed E-state index contributed by atoms with van der Waals surface area (Å²) in [5.74, 6) is 0.0561. The van der Waals surface area contributed by atoms with Gasteiger partial charge < -0.3 is 10.1 Å². The van der Waals surface area contributed by atoms with Gasteiger partial charge in [0.1, 0.15) is 24.2 Å². The second-order valence-electron chi connectivity index (χ2n) is 5.39. The molecule has 25 heavy (non-hydrogen) atoms. The SMILES string of the molecule is CN(CCOc1ccc(F)cc1)CC(=O)Nc1ccc(C#N)c(Cl)c1. The average Bonchev–Trinajstić information content (AvgIpc) is 2.56. The molecule has 7 heteroatoms. The number of hydrogen-bond donors (Lipinski definition) is 1. The van der Waals surface area contributed by atoms with E-state index in [2.05, 4.69) is 5.32 Å². The molecular weight excluding hydrogens is 345 g/mol. The van der Waals surface area contributed by atoms with Crippen LogP contribution in [0.5, 0.6) is 5.75 Å². The highest BCUT2D eigenvalue weighted by Gasteiger charge is 2.08. The lowest BCUT2D eigenvalue weighted by Crippen LogP contribution is -2.33. The molecule has 0 bridgehead atoms. The molecule has 0 atom stereocenters. The third-order valence-corrected chi connectivity index (χ3v) is 3.65. The van der Waals surface area contributed by atoms with Gasteiger partial charge in [0.2, 0.25) is 5.91 Å². The lowest BCUT2D eigenvalue weighted by atomic mass is 10.2. The fourth-order valence-corrected chi connectivity index (χ4v) is 2.28. The van der Waals surface area contributed by atoms with Gasteiger partial charge in [-0.25, -0.2) is 4.39 Å². The number of halogens is 2. The number of rotatable bonds is 7. The Bertz CT molecular complexity index is 775. The van der Waals surface area contributed by atoms with Crippen molar-refractivity contribution in [2.24, 2.45) is 0 Å². The number of nitrogens with zero attached hydrogens (tertiary/aromatic N) is 2. The van der Waals surface area contributed by atoms with E-state index < -0.39 is 0 Å². The van der Waals surface area contributed by atoms with Gasteiger partial charge in [0, 0.05) is 12.2 Å². The summed E-state index contributed by atoms with van der Waals surface area (Å²) in [5, 5.41) is 11.8. The van der Waals surface area contributed by atoms with E-state index in [1.807, 2.05) is 6.07 Å². The smallest absolute Gasteiger partial charge is 0.238 e. The van der Waals surface area contributed by atoms with E-state index in [9.17, 15) is 9.18 Å². The van der Waals surface area contributed by atoms with Gasteiger partial charge in [0.25, 0.3) is 0 Å². The Kier molecular flexibility index (Phi) is 6.75. The molecule has 0 unspecified atom stereocenters. The Morgan fingerprint density at radius 1 is 1.32 bits per heavy atom. The first-order valence-corrected chi connectivity index (χ1v) is 7.92. The van der Waals surface area contributed by atoms with Gasteiger partial charge >= 0.3 is 0 Å². The van der Waals surface area contributed by atoms with Crippen molar-refractivity contribution in [2.45, 2.75) is 0 Å². The molecule has 0 aliphatic rings. The monoisotopic (exact) mass is 361 g/mol. The number of carbonyl (C=O) groups excluding carboxylic acids is 1. The van der Waals surface area contributed by atoms with Gasteiger partial charge in [0.15, 0.2) is 0 Å². The molecule has 2 aromatic carbocycles. The molecule has 0 fully saturated rings. The predicted molar refractivity (Wildman–Crippen MR) is 94.2 cm³/mol. The lowest BCUT2D eigenvalue weighted by Gasteiger charge is -2.16. The van der Waals surface area contributed by atoms with Crippen LogP contribution in [0.3, 0.4) is 0 Å². The highest BCUT2D eigenvalue weighted by molar-refractivity contribution is 6.32. The van der Waals surface area contributed by atoms with Crippen LogP contribution in [-0.4, -0.2) is 37.6 Å². The molecule has 1 amide bonds. The van der Waals surface area contributed by atoms with E-state index in [1.165, 1.54) is 18.2 Å². The molecule has 0 saturated carbocycles. The predicted octanol–water partition coefficient (Wildman–Crippen LogP) is 3.30. The fraction of sp³-hybridized carbons (Fsp3) is 0.222. The van der Waals surface area contributed by atoms with E-state index in [0.717, 1.165) is 0 Å². The number of benzene rings is 2. The van der Waals surface area contributed by atoms with Crippen LogP contribution in [0.25, 0.3) is 0 Å². The molecule has 2 aromatic rings. The summed E-state index contributed by atoms with van der Waals surface area (Å²) in [7, 11) is 1.79. The Labute approximate surface area is 150 Å². The first-order chi connectivity index (χ1) is 12.0. The first kappa shape index (κ1) is 18.7. The summed E-state index contributed by atoms with van der Waals surface area (Å²) < 4.78 is 18.3. The van der Waals surface area contributed by atoms with Crippen LogP contribution in [0.1, 0.15) is 5.56 Å². The van der Waals surface area contributed by atoms with E-state index in [1.54, 1.807) is 36.2 Å². The second-order valence-corrected chi connectivity index (χ2v) is 5.80. The minimum Gasteiger partial charge on any atom is -0.492 e. The zero-order chi connectivity index (χ0) is 18.2. The minimum atomic E-state index is -0.316. The summed E-state index contributed by atoms with van der Waals surface area (Å²) >= 11 is 5.93. The van der Waals surface area contributed by atoms with Crippen molar-refractivity contribution in [1.82, 2.24) is 4.90 Å². The summed E-state index contributed by atoms with van der Waals surface area (Å²) in [6.07, 6.45) is 0. The number of nitrogens with one attached hydrogen (secondary N) is 1. The topological polar surface area (TPSA) is 65.4 Å². The number of nitriles is 1. The number of amides is 1. The van der Waals surface area contributed by atoms with Crippen molar-refractivity contribution in [3.63, 3.8) is 0 Å². The van der Waals surface area contributed by atoms with Crippen molar-refractivity contribution < 1.29 is 13.9 Å². The lowest BCUT2D eigenvalue weighted by molar-refractivity contribution is -0.117. The maximum absolute atomic E-state index is 12.8. The number of ether oxygens (including phenoxy) is 1. The van der Waals surface area contributed by atoms with Crippen molar-refractivity contribution in [3.05, 3.63) is 58.9 Å². The van der Waals surface area contributed by atoms with Crippen molar-refractivity contribution in [2.75, 3.05) is 32.1 Å². The van der Waals surface area contributed by atoms with E-state index >= 15 is 0 Å². The van der Waals surface area contributed by atoms with Crippen LogP contribution < -0.4 is 10.1 Å². The van der Waals surface area contributed by atoms with Crippen LogP contribution in [-0.2, 0) is 4.79 Å². The average molecular weight is 362 g/mol. The number of anilines is 1. The minimum absolute atomic E-state index is 0.171. The van der Waals surface area contributed by atoms with Crippen molar-refractivity contribution >= 4 is 23.2 Å². The van der Waals surface area contributed by atoms with Gasteiger partial charge in [-0.2, -0.15) is 5.26 Å². The number of hydrogen-bond acceptors (Lipinski definition) is 4. The number of carbonyl (C=O) groups is 1. The zero-order valence-electron chi connectivity index (χ0n) is 13.6. The largest absolute Gasteiger partial charge is 0.492 e. The maximum atomic E-state index is 12.8. The zero-order valence-corrected chi connectivity index (χ0v) is 14.4. The van der Waals surface area contributed by atoms with Crippen LogP contribution in [0.15, 0.2) is 42.5 Å². The number of likely N-dealkylation sites (N-methyl/N-ethyl adjacent to an activating group) is 1. The second kappa shape index (κ2) is 9.02. The molecule has 0 radical (unpaired) electrons. The molecule has 5 nitrogen and oxygen atoms in total. The molecule has 0 heterocycles. The highest BCUT2D eigenvalue weighted by Crippen LogP contribution is 2.20. The normalized spacial score (nSPS) is 10.4. The van der Waals surface area contributed by atoms with Gasteiger partial charge in [-0.15, -0.1) is 0 Å². The van der Waals surface area contributed by atoms with Crippen molar-refractivity contribution in [1.29, 1.82) is 5.26 Å². The molecule has 2 rings (SSSR count). The molecular formula is C18H17ClFN3O2. The Hall–Kier alpha value is -2.62. The van der Waals surface area contributed by atoms with Crippen molar-refractivity contribution in [3.8, 4) is 11.8 Å². The Morgan fingerprint density at radius 2 is 2.04 bits per heavy atom. The Morgan fingerprint density at radius 3 is 2.68 bits per heavy atom. The molecule has 1 N–H and O–H groups in total. The van der Waals surface area contributed by atoms with Crippen LogP contribution >= 0.6 is 11.6 Å². The maximum Gasteiger partial charge on any atom is 0.238 e. The molecule has 0 aliphatic carbocycles. The summed E-state index contributed by atoms with van der Waals surface area (Å²) in [6.45, 7) is 1.07. The first-order valence-electron chi connectivity index (χ1n) is 7.54. The molecule has 0 spiro atoms. The third-order valence-electron chi connectivity index (χ3n) is 3.34. The highest BCUT2D eigenvalue weighted by atomic mass is 35.5. The Balaban J connectivity index is 1.75.